The molecule has 0 unspecified atom stereocenters. The minimum atomic E-state index is -3.55. The molecule has 2 aromatic rings. The molecular weight excluding hydrogens is 278 g/mol. The molecule has 7 nitrogen and oxygen atoms in total. The fraction of sp³-hybridized carbons (Fsp3) is 0.417. The van der Waals surface area contributed by atoms with Crippen molar-refractivity contribution < 1.29 is 8.42 Å². The maximum absolute atomic E-state index is 12.5. The van der Waals surface area contributed by atoms with Gasteiger partial charge in [-0.15, -0.1) is 5.10 Å². The Balaban J connectivity index is 2.29. The molecule has 0 saturated heterocycles. The van der Waals surface area contributed by atoms with Crippen LogP contribution in [0.5, 0.6) is 0 Å². The summed E-state index contributed by atoms with van der Waals surface area (Å²) in [5.41, 5.74) is 2.00. The molecule has 0 spiro atoms. The van der Waals surface area contributed by atoms with Crippen LogP contribution in [0.1, 0.15) is 17.0 Å². The Labute approximate surface area is 118 Å². The average molecular weight is 295 g/mol. The smallest absolute Gasteiger partial charge is 0.231 e. The molecule has 108 valence electrons. The second kappa shape index (κ2) is 5.29. The summed E-state index contributed by atoms with van der Waals surface area (Å²) < 4.78 is 27.7. The summed E-state index contributed by atoms with van der Waals surface area (Å²) in [6.07, 6.45) is 0. The van der Waals surface area contributed by atoms with Crippen LogP contribution >= 0.6 is 0 Å². The van der Waals surface area contributed by atoms with E-state index in [1.165, 1.54) is 16.0 Å². The fourth-order valence-electron chi connectivity index (χ4n) is 1.72. The second-order valence-electron chi connectivity index (χ2n) is 4.73. The molecule has 0 fully saturated rings. The summed E-state index contributed by atoms with van der Waals surface area (Å²) in [6.45, 7) is 3.96. The molecule has 20 heavy (non-hydrogen) atoms. The Kier molecular flexibility index (Phi) is 3.87. The van der Waals surface area contributed by atoms with Crippen LogP contribution < -0.4 is 0 Å². The molecule has 0 N–H and O–H groups in total. The second-order valence-corrected chi connectivity index (χ2v) is 6.77. The van der Waals surface area contributed by atoms with Crippen molar-refractivity contribution in [2.75, 3.05) is 7.05 Å². The molecule has 0 aliphatic carbocycles. The maximum atomic E-state index is 12.5. The highest BCUT2D eigenvalue weighted by Gasteiger charge is 2.22. The van der Waals surface area contributed by atoms with Crippen LogP contribution in [-0.2, 0) is 23.6 Å². The highest BCUT2D eigenvalue weighted by molar-refractivity contribution is 7.89. The molecule has 0 aliphatic heterocycles. The fourth-order valence-corrected chi connectivity index (χ4v) is 2.93. The average Bonchev–Trinajstić information content (AvgIpc) is 2.78. The molecule has 0 bridgehead atoms. The Morgan fingerprint density at radius 1 is 1.25 bits per heavy atom. The Bertz CT molecular complexity index is 723. The number of hydrogen-bond acceptors (Lipinski definition) is 5. The van der Waals surface area contributed by atoms with E-state index in [1.54, 1.807) is 25.2 Å². The molecule has 1 aromatic heterocycles. The van der Waals surface area contributed by atoms with Gasteiger partial charge in [0.1, 0.15) is 0 Å². The van der Waals surface area contributed by atoms with Crippen LogP contribution in [0.2, 0.25) is 0 Å². The highest BCUT2D eigenvalue weighted by Crippen LogP contribution is 2.19. The molecule has 8 heteroatoms. The number of hydrogen-bond donors (Lipinski definition) is 0. The topological polar surface area (TPSA) is 81.0 Å². The summed E-state index contributed by atoms with van der Waals surface area (Å²) in [6, 6.07) is 5.10. The van der Waals surface area contributed by atoms with Gasteiger partial charge in [0, 0.05) is 14.1 Å². The monoisotopic (exact) mass is 295 g/mol. The van der Waals surface area contributed by atoms with Gasteiger partial charge in [-0.2, -0.15) is 4.31 Å². The van der Waals surface area contributed by atoms with Crippen molar-refractivity contribution in [2.45, 2.75) is 25.3 Å². The first-order chi connectivity index (χ1) is 9.32. The number of rotatable bonds is 4. The SMILES string of the molecule is Cc1ccc(S(=O)(=O)N(C)Cc2nnnn2C)cc1C. The molecule has 2 rings (SSSR count). The van der Waals surface area contributed by atoms with Crippen molar-refractivity contribution in [3.63, 3.8) is 0 Å². The predicted octanol–water partition coefficient (Wildman–Crippen LogP) is 0.648. The van der Waals surface area contributed by atoms with E-state index in [2.05, 4.69) is 15.5 Å². The van der Waals surface area contributed by atoms with Gasteiger partial charge in [0.25, 0.3) is 0 Å². The van der Waals surface area contributed by atoms with Crippen molar-refractivity contribution in [3.05, 3.63) is 35.2 Å². The number of nitrogens with zero attached hydrogens (tertiary/aromatic N) is 5. The quantitative estimate of drug-likeness (QED) is 0.827. The molecule has 0 saturated carbocycles. The zero-order valence-corrected chi connectivity index (χ0v) is 12.7. The third-order valence-electron chi connectivity index (χ3n) is 3.26. The molecule has 1 heterocycles. The first-order valence-corrected chi connectivity index (χ1v) is 7.51. The minimum absolute atomic E-state index is 0.124. The largest absolute Gasteiger partial charge is 0.243 e. The number of aryl methyl sites for hydroxylation is 3. The van der Waals surface area contributed by atoms with Crippen molar-refractivity contribution in [1.82, 2.24) is 24.5 Å². The van der Waals surface area contributed by atoms with Gasteiger partial charge in [0.05, 0.1) is 11.4 Å². The van der Waals surface area contributed by atoms with Gasteiger partial charge in [0.2, 0.25) is 10.0 Å². The molecule has 1 aromatic carbocycles. The summed E-state index contributed by atoms with van der Waals surface area (Å²) in [5.74, 6) is 0.486. The molecule has 0 amide bonds. The number of aromatic nitrogens is 4. The van der Waals surface area contributed by atoms with E-state index in [0.717, 1.165) is 11.1 Å². The summed E-state index contributed by atoms with van der Waals surface area (Å²) in [7, 11) is -0.361. The van der Waals surface area contributed by atoms with Crippen LogP contribution in [0.3, 0.4) is 0 Å². The third kappa shape index (κ3) is 2.70. The normalized spacial score (nSPS) is 12.1. The van der Waals surface area contributed by atoms with E-state index in [4.69, 9.17) is 0 Å². The van der Waals surface area contributed by atoms with Crippen LogP contribution in [-0.4, -0.2) is 40.0 Å². The summed E-state index contributed by atoms with van der Waals surface area (Å²) in [4.78, 5) is 0.276. The lowest BCUT2D eigenvalue weighted by molar-refractivity contribution is 0.447. The van der Waals surface area contributed by atoms with Gasteiger partial charge in [0.15, 0.2) is 5.82 Å². The van der Waals surface area contributed by atoms with Crippen LogP contribution in [0.15, 0.2) is 23.1 Å². The number of sulfonamides is 1. The Morgan fingerprint density at radius 2 is 1.95 bits per heavy atom. The number of benzene rings is 1. The van der Waals surface area contributed by atoms with E-state index in [9.17, 15) is 8.42 Å². The number of tetrazole rings is 1. The van der Waals surface area contributed by atoms with E-state index in [0.29, 0.717) is 5.82 Å². The first kappa shape index (κ1) is 14.6. The van der Waals surface area contributed by atoms with E-state index >= 15 is 0 Å². The Morgan fingerprint density at radius 3 is 2.50 bits per heavy atom. The van der Waals surface area contributed by atoms with Crippen LogP contribution in [0, 0.1) is 13.8 Å². The molecular formula is C12H17N5O2S. The van der Waals surface area contributed by atoms with E-state index in [1.807, 2.05) is 13.8 Å². The van der Waals surface area contributed by atoms with Crippen molar-refractivity contribution in [3.8, 4) is 0 Å². The molecule has 0 radical (unpaired) electrons. The highest BCUT2D eigenvalue weighted by atomic mass is 32.2. The lowest BCUT2D eigenvalue weighted by atomic mass is 10.1. The molecule has 0 atom stereocenters. The lowest BCUT2D eigenvalue weighted by Gasteiger charge is -2.17. The van der Waals surface area contributed by atoms with Crippen molar-refractivity contribution >= 4 is 10.0 Å². The zero-order chi connectivity index (χ0) is 14.9. The molecule has 0 aliphatic rings. The van der Waals surface area contributed by atoms with Gasteiger partial charge in [-0.3, -0.25) is 0 Å². The van der Waals surface area contributed by atoms with Crippen LogP contribution in [0.4, 0.5) is 0 Å². The lowest BCUT2D eigenvalue weighted by Crippen LogP contribution is -2.28. The van der Waals surface area contributed by atoms with E-state index < -0.39 is 10.0 Å². The standard InChI is InChI=1S/C12H17N5O2S/c1-9-5-6-11(7-10(9)2)20(18,19)16(3)8-12-13-14-15-17(12)4/h5-7H,8H2,1-4H3. The Hall–Kier alpha value is -1.80. The van der Waals surface area contributed by atoms with Crippen molar-refractivity contribution in [1.29, 1.82) is 0 Å². The maximum Gasteiger partial charge on any atom is 0.243 e. The van der Waals surface area contributed by atoms with Gasteiger partial charge in [-0.25, -0.2) is 13.1 Å². The van der Waals surface area contributed by atoms with Gasteiger partial charge in [-0.1, -0.05) is 6.07 Å². The third-order valence-corrected chi connectivity index (χ3v) is 5.06. The first-order valence-electron chi connectivity index (χ1n) is 6.07. The van der Waals surface area contributed by atoms with E-state index in [-0.39, 0.29) is 11.4 Å². The van der Waals surface area contributed by atoms with Crippen molar-refractivity contribution in [2.24, 2.45) is 7.05 Å². The van der Waals surface area contributed by atoms with Gasteiger partial charge < -0.3 is 0 Å². The van der Waals surface area contributed by atoms with Crippen LogP contribution in [0.25, 0.3) is 0 Å². The summed E-state index contributed by atoms with van der Waals surface area (Å²) in [5, 5.41) is 11.0. The predicted molar refractivity (Wildman–Crippen MR) is 73.4 cm³/mol. The summed E-state index contributed by atoms with van der Waals surface area (Å²) >= 11 is 0. The minimum Gasteiger partial charge on any atom is -0.231 e. The van der Waals surface area contributed by atoms with Gasteiger partial charge >= 0.3 is 0 Å². The zero-order valence-electron chi connectivity index (χ0n) is 11.9. The van der Waals surface area contributed by atoms with Gasteiger partial charge in [-0.05, 0) is 47.5 Å².